The van der Waals surface area contributed by atoms with Crippen molar-refractivity contribution < 1.29 is 4.74 Å². The number of nitrogens with one attached hydrogen (secondary N) is 1. The van der Waals surface area contributed by atoms with E-state index in [-0.39, 0.29) is 0 Å². The van der Waals surface area contributed by atoms with Gasteiger partial charge in [0.1, 0.15) is 0 Å². The van der Waals surface area contributed by atoms with E-state index in [0.29, 0.717) is 12.0 Å². The molecule has 0 bridgehead atoms. The predicted molar refractivity (Wildman–Crippen MR) is 79.3 cm³/mol. The fourth-order valence-electron chi connectivity index (χ4n) is 2.94. The SMILES string of the molecule is CNC1CCOCC1CN(C)Cc1cccc(C)c1. The molecule has 1 aliphatic heterocycles. The zero-order valence-corrected chi connectivity index (χ0v) is 12.4. The van der Waals surface area contributed by atoms with Gasteiger partial charge in [-0.2, -0.15) is 0 Å². The first-order valence-corrected chi connectivity index (χ1v) is 7.18. The summed E-state index contributed by atoms with van der Waals surface area (Å²) in [4.78, 5) is 2.40. The first kappa shape index (κ1) is 14.5. The predicted octanol–water partition coefficient (Wildman–Crippen LogP) is 2.05. The second kappa shape index (κ2) is 7.04. The maximum absolute atomic E-state index is 5.62. The Bertz CT molecular complexity index is 394. The summed E-state index contributed by atoms with van der Waals surface area (Å²) in [5.74, 6) is 0.591. The summed E-state index contributed by atoms with van der Waals surface area (Å²) < 4.78 is 5.62. The Hall–Kier alpha value is -0.900. The van der Waals surface area contributed by atoms with Crippen molar-refractivity contribution in [3.8, 4) is 0 Å². The minimum Gasteiger partial charge on any atom is -0.381 e. The third-order valence-electron chi connectivity index (χ3n) is 3.93. The second-order valence-corrected chi connectivity index (χ2v) is 5.70. The summed E-state index contributed by atoms with van der Waals surface area (Å²) in [5.41, 5.74) is 2.72. The lowest BCUT2D eigenvalue weighted by molar-refractivity contribution is 0.0208. The molecule has 106 valence electrons. The molecule has 0 aliphatic carbocycles. The average Bonchev–Trinajstić information content (AvgIpc) is 2.39. The smallest absolute Gasteiger partial charge is 0.0521 e. The van der Waals surface area contributed by atoms with E-state index >= 15 is 0 Å². The largest absolute Gasteiger partial charge is 0.381 e. The Balaban J connectivity index is 1.87. The van der Waals surface area contributed by atoms with Crippen LogP contribution in [0.3, 0.4) is 0 Å². The molecule has 1 aliphatic rings. The first-order chi connectivity index (χ1) is 9.19. The van der Waals surface area contributed by atoms with E-state index in [9.17, 15) is 0 Å². The highest BCUT2D eigenvalue weighted by Crippen LogP contribution is 2.16. The van der Waals surface area contributed by atoms with Crippen LogP contribution in [-0.2, 0) is 11.3 Å². The highest BCUT2D eigenvalue weighted by atomic mass is 16.5. The fourth-order valence-corrected chi connectivity index (χ4v) is 2.94. The molecule has 2 atom stereocenters. The van der Waals surface area contributed by atoms with E-state index in [1.165, 1.54) is 11.1 Å². The molecule has 0 aromatic heterocycles. The Kier molecular flexibility index (Phi) is 5.37. The third kappa shape index (κ3) is 4.30. The van der Waals surface area contributed by atoms with Crippen molar-refractivity contribution in [2.24, 2.45) is 5.92 Å². The van der Waals surface area contributed by atoms with E-state index in [4.69, 9.17) is 4.74 Å². The van der Waals surface area contributed by atoms with Crippen molar-refractivity contribution in [1.82, 2.24) is 10.2 Å². The van der Waals surface area contributed by atoms with Crippen LogP contribution in [0.25, 0.3) is 0 Å². The number of rotatable bonds is 5. The summed E-state index contributed by atoms with van der Waals surface area (Å²) in [7, 11) is 4.26. The molecule has 1 aromatic rings. The minimum absolute atomic E-state index is 0.591. The van der Waals surface area contributed by atoms with Crippen LogP contribution in [0.4, 0.5) is 0 Å². The number of benzene rings is 1. The number of nitrogens with zero attached hydrogens (tertiary/aromatic N) is 1. The summed E-state index contributed by atoms with van der Waals surface area (Å²) in [6.07, 6.45) is 1.12. The maximum atomic E-state index is 5.62. The van der Waals surface area contributed by atoms with Gasteiger partial charge in [0.2, 0.25) is 0 Å². The molecule has 19 heavy (non-hydrogen) atoms. The van der Waals surface area contributed by atoms with Gasteiger partial charge in [0.05, 0.1) is 6.61 Å². The van der Waals surface area contributed by atoms with Gasteiger partial charge in [-0.3, -0.25) is 0 Å². The lowest BCUT2D eigenvalue weighted by Gasteiger charge is -2.34. The fraction of sp³-hybridized carbons (Fsp3) is 0.625. The van der Waals surface area contributed by atoms with Crippen LogP contribution < -0.4 is 5.32 Å². The van der Waals surface area contributed by atoms with Crippen molar-refractivity contribution in [2.45, 2.75) is 25.9 Å². The first-order valence-electron chi connectivity index (χ1n) is 7.18. The molecular weight excluding hydrogens is 236 g/mol. The van der Waals surface area contributed by atoms with Crippen LogP contribution >= 0.6 is 0 Å². The van der Waals surface area contributed by atoms with E-state index < -0.39 is 0 Å². The van der Waals surface area contributed by atoms with Gasteiger partial charge in [0.25, 0.3) is 0 Å². The van der Waals surface area contributed by atoms with Crippen LogP contribution in [0.15, 0.2) is 24.3 Å². The van der Waals surface area contributed by atoms with Crippen LogP contribution in [0.1, 0.15) is 17.5 Å². The van der Waals surface area contributed by atoms with E-state index in [0.717, 1.165) is 32.7 Å². The summed E-state index contributed by atoms with van der Waals surface area (Å²) in [6.45, 7) is 6.01. The Morgan fingerprint density at radius 2 is 2.26 bits per heavy atom. The normalized spacial score (nSPS) is 23.8. The lowest BCUT2D eigenvalue weighted by atomic mass is 9.95. The number of aryl methyl sites for hydroxylation is 1. The number of hydrogen-bond acceptors (Lipinski definition) is 3. The molecule has 2 unspecified atom stereocenters. The molecule has 0 radical (unpaired) electrons. The summed E-state index contributed by atoms with van der Waals surface area (Å²) in [5, 5.41) is 3.43. The Morgan fingerprint density at radius 3 is 3.00 bits per heavy atom. The molecule has 1 saturated heterocycles. The van der Waals surface area contributed by atoms with Gasteiger partial charge >= 0.3 is 0 Å². The van der Waals surface area contributed by atoms with E-state index in [1.54, 1.807) is 0 Å². The highest BCUT2D eigenvalue weighted by molar-refractivity contribution is 5.22. The van der Waals surface area contributed by atoms with Crippen molar-refractivity contribution >= 4 is 0 Å². The third-order valence-corrected chi connectivity index (χ3v) is 3.93. The molecule has 0 amide bonds. The van der Waals surface area contributed by atoms with Gasteiger partial charge < -0.3 is 15.0 Å². The second-order valence-electron chi connectivity index (χ2n) is 5.70. The summed E-state index contributed by atoms with van der Waals surface area (Å²) >= 11 is 0. The Labute approximate surface area is 116 Å². The molecule has 3 heteroatoms. The van der Waals surface area contributed by atoms with Gasteiger partial charge in [-0.15, -0.1) is 0 Å². The van der Waals surface area contributed by atoms with Gasteiger partial charge in [-0.05, 0) is 33.0 Å². The minimum atomic E-state index is 0.591. The average molecular weight is 262 g/mol. The highest BCUT2D eigenvalue weighted by Gasteiger charge is 2.25. The molecule has 1 fully saturated rings. The van der Waals surface area contributed by atoms with Crippen molar-refractivity contribution in [3.05, 3.63) is 35.4 Å². The van der Waals surface area contributed by atoms with Gasteiger partial charge in [-0.1, -0.05) is 29.8 Å². The van der Waals surface area contributed by atoms with E-state index in [2.05, 4.69) is 55.5 Å². The monoisotopic (exact) mass is 262 g/mol. The molecule has 1 heterocycles. The number of ether oxygens (including phenoxy) is 1. The lowest BCUT2D eigenvalue weighted by Crippen LogP contribution is -2.45. The zero-order chi connectivity index (χ0) is 13.7. The van der Waals surface area contributed by atoms with Gasteiger partial charge in [0, 0.05) is 31.7 Å². The van der Waals surface area contributed by atoms with Crippen LogP contribution in [-0.4, -0.2) is 44.8 Å². The quantitative estimate of drug-likeness (QED) is 0.879. The number of hydrogen-bond donors (Lipinski definition) is 1. The summed E-state index contributed by atoms with van der Waals surface area (Å²) in [6, 6.07) is 9.35. The van der Waals surface area contributed by atoms with E-state index in [1.807, 2.05) is 0 Å². The molecular formula is C16H26N2O. The topological polar surface area (TPSA) is 24.5 Å². The van der Waals surface area contributed by atoms with Crippen LogP contribution in [0.5, 0.6) is 0 Å². The molecule has 0 spiro atoms. The Morgan fingerprint density at radius 1 is 1.42 bits per heavy atom. The molecule has 0 saturated carbocycles. The van der Waals surface area contributed by atoms with Gasteiger partial charge in [-0.25, -0.2) is 0 Å². The zero-order valence-electron chi connectivity index (χ0n) is 12.4. The van der Waals surface area contributed by atoms with Crippen molar-refractivity contribution in [3.63, 3.8) is 0 Å². The van der Waals surface area contributed by atoms with Crippen LogP contribution in [0.2, 0.25) is 0 Å². The maximum Gasteiger partial charge on any atom is 0.0521 e. The molecule has 3 nitrogen and oxygen atoms in total. The molecule has 1 aromatic carbocycles. The van der Waals surface area contributed by atoms with Crippen molar-refractivity contribution in [1.29, 1.82) is 0 Å². The van der Waals surface area contributed by atoms with Crippen LogP contribution in [0, 0.1) is 12.8 Å². The molecule has 2 rings (SSSR count). The standard InChI is InChI=1S/C16H26N2O/c1-13-5-4-6-14(9-13)10-18(3)11-15-12-19-8-7-16(15)17-2/h4-6,9,15-17H,7-8,10-12H2,1-3H3. The van der Waals surface area contributed by atoms with Crippen molar-refractivity contribution in [2.75, 3.05) is 33.9 Å². The molecule has 1 N–H and O–H groups in total. The van der Waals surface area contributed by atoms with Gasteiger partial charge in [0.15, 0.2) is 0 Å².